The van der Waals surface area contributed by atoms with Crippen LogP contribution in [0.15, 0.2) is 30.5 Å². The molecule has 18 heavy (non-hydrogen) atoms. The molecule has 2 aromatic rings. The molecule has 3 rings (SSSR count). The van der Waals surface area contributed by atoms with Gasteiger partial charge >= 0.3 is 0 Å². The summed E-state index contributed by atoms with van der Waals surface area (Å²) in [6, 6.07) is 8.14. The summed E-state index contributed by atoms with van der Waals surface area (Å²) in [7, 11) is 1.75. The first-order valence-corrected chi connectivity index (χ1v) is 6.55. The van der Waals surface area contributed by atoms with Crippen LogP contribution < -0.4 is 0 Å². The number of aromatic nitrogens is 1. The summed E-state index contributed by atoms with van der Waals surface area (Å²) in [5.74, 6) is 0. The van der Waals surface area contributed by atoms with Crippen molar-refractivity contribution in [3.8, 4) is 0 Å². The van der Waals surface area contributed by atoms with Gasteiger partial charge in [0, 0.05) is 24.2 Å². The van der Waals surface area contributed by atoms with E-state index < -0.39 is 5.60 Å². The van der Waals surface area contributed by atoms with Gasteiger partial charge in [-0.1, -0.05) is 12.1 Å². The van der Waals surface area contributed by atoms with Crippen LogP contribution in [-0.2, 0) is 10.3 Å². The highest BCUT2D eigenvalue weighted by molar-refractivity contribution is 5.83. The predicted molar refractivity (Wildman–Crippen MR) is 71.5 cm³/mol. The molecule has 0 unspecified atom stereocenters. The van der Waals surface area contributed by atoms with E-state index in [1.807, 2.05) is 30.5 Å². The van der Waals surface area contributed by atoms with Gasteiger partial charge in [-0.25, -0.2) is 0 Å². The van der Waals surface area contributed by atoms with Crippen molar-refractivity contribution in [2.45, 2.75) is 37.4 Å². The highest BCUT2D eigenvalue weighted by Crippen LogP contribution is 2.40. The van der Waals surface area contributed by atoms with E-state index in [0.29, 0.717) is 6.10 Å². The Balaban J connectivity index is 1.96. The normalized spacial score (nSPS) is 28.7. The van der Waals surface area contributed by atoms with Gasteiger partial charge in [-0.2, -0.15) is 0 Å². The molecule has 2 N–H and O–H groups in total. The Labute approximate surface area is 107 Å². The van der Waals surface area contributed by atoms with E-state index >= 15 is 0 Å². The third-order valence-electron chi connectivity index (χ3n) is 4.19. The van der Waals surface area contributed by atoms with Crippen LogP contribution in [0.1, 0.15) is 31.2 Å². The Kier molecular flexibility index (Phi) is 2.88. The van der Waals surface area contributed by atoms with Crippen molar-refractivity contribution in [1.29, 1.82) is 0 Å². The second kappa shape index (κ2) is 4.41. The number of methoxy groups -OCH3 is 1. The van der Waals surface area contributed by atoms with E-state index in [-0.39, 0.29) is 0 Å². The van der Waals surface area contributed by atoms with Crippen LogP contribution in [0, 0.1) is 0 Å². The third-order valence-corrected chi connectivity index (χ3v) is 4.19. The summed E-state index contributed by atoms with van der Waals surface area (Å²) < 4.78 is 5.38. The van der Waals surface area contributed by atoms with Gasteiger partial charge in [-0.05, 0) is 43.4 Å². The molecule has 3 heteroatoms. The van der Waals surface area contributed by atoms with Crippen molar-refractivity contribution < 1.29 is 9.84 Å². The maximum Gasteiger partial charge on any atom is 0.0905 e. The molecule has 1 heterocycles. The Morgan fingerprint density at radius 2 is 2.06 bits per heavy atom. The number of aliphatic hydroxyl groups is 1. The molecule has 0 radical (unpaired) electrons. The number of hydrogen-bond donors (Lipinski definition) is 2. The molecular weight excluding hydrogens is 226 g/mol. The van der Waals surface area contributed by atoms with Crippen molar-refractivity contribution in [3.63, 3.8) is 0 Å². The first-order valence-electron chi connectivity index (χ1n) is 6.55. The molecule has 1 aliphatic rings. The monoisotopic (exact) mass is 245 g/mol. The van der Waals surface area contributed by atoms with Crippen molar-refractivity contribution in [1.82, 2.24) is 4.98 Å². The SMILES string of the molecule is COC1CCC(O)(c2cccc3[nH]ccc23)CC1. The molecule has 3 nitrogen and oxygen atoms in total. The van der Waals surface area contributed by atoms with Gasteiger partial charge in [0.1, 0.15) is 0 Å². The first-order chi connectivity index (χ1) is 8.73. The maximum absolute atomic E-state index is 10.9. The van der Waals surface area contributed by atoms with Crippen LogP contribution in [0.3, 0.4) is 0 Å². The van der Waals surface area contributed by atoms with Crippen LogP contribution in [0.5, 0.6) is 0 Å². The molecule has 1 aromatic carbocycles. The number of aromatic amines is 1. The summed E-state index contributed by atoms with van der Waals surface area (Å²) in [6.45, 7) is 0. The van der Waals surface area contributed by atoms with Crippen molar-refractivity contribution >= 4 is 10.9 Å². The van der Waals surface area contributed by atoms with E-state index in [2.05, 4.69) is 4.98 Å². The quantitative estimate of drug-likeness (QED) is 0.854. The minimum absolute atomic E-state index is 0.302. The van der Waals surface area contributed by atoms with Gasteiger partial charge in [-0.15, -0.1) is 0 Å². The number of nitrogens with one attached hydrogen (secondary N) is 1. The fourth-order valence-corrected chi connectivity index (χ4v) is 3.07. The Bertz CT molecular complexity index is 538. The lowest BCUT2D eigenvalue weighted by atomic mass is 9.77. The minimum atomic E-state index is -0.698. The standard InChI is InChI=1S/C15H19NO2/c1-18-11-5-8-15(17,9-6-11)13-3-2-4-14-12(13)7-10-16-14/h2-4,7,10-11,16-17H,5-6,8-9H2,1H3. The highest BCUT2D eigenvalue weighted by Gasteiger charge is 2.35. The second-order valence-corrected chi connectivity index (χ2v) is 5.21. The number of ether oxygens (including phenoxy) is 1. The molecule has 1 saturated carbocycles. The lowest BCUT2D eigenvalue weighted by molar-refractivity contribution is -0.0465. The number of fused-ring (bicyclic) bond motifs is 1. The average Bonchev–Trinajstić information content (AvgIpc) is 2.87. The van der Waals surface area contributed by atoms with E-state index in [1.54, 1.807) is 7.11 Å². The molecule has 0 aliphatic heterocycles. The number of H-pyrrole nitrogens is 1. The van der Waals surface area contributed by atoms with Gasteiger partial charge in [-0.3, -0.25) is 0 Å². The summed E-state index contributed by atoms with van der Waals surface area (Å²) in [5, 5.41) is 12.0. The van der Waals surface area contributed by atoms with E-state index in [9.17, 15) is 5.11 Å². The fourth-order valence-electron chi connectivity index (χ4n) is 3.07. The van der Waals surface area contributed by atoms with Gasteiger partial charge in [0.15, 0.2) is 0 Å². The second-order valence-electron chi connectivity index (χ2n) is 5.21. The van der Waals surface area contributed by atoms with Crippen molar-refractivity contribution in [3.05, 3.63) is 36.0 Å². The molecule has 1 fully saturated rings. The molecule has 1 aromatic heterocycles. The van der Waals surface area contributed by atoms with E-state index in [4.69, 9.17) is 4.74 Å². The maximum atomic E-state index is 10.9. The summed E-state index contributed by atoms with van der Waals surface area (Å²) in [5.41, 5.74) is 1.45. The number of hydrogen-bond acceptors (Lipinski definition) is 2. The zero-order valence-corrected chi connectivity index (χ0v) is 10.6. The van der Waals surface area contributed by atoms with Gasteiger partial charge in [0.25, 0.3) is 0 Å². The van der Waals surface area contributed by atoms with Crippen LogP contribution >= 0.6 is 0 Å². The van der Waals surface area contributed by atoms with Crippen LogP contribution in [-0.4, -0.2) is 23.3 Å². The Morgan fingerprint density at radius 3 is 2.78 bits per heavy atom. The molecule has 0 bridgehead atoms. The lowest BCUT2D eigenvalue weighted by Gasteiger charge is -2.36. The van der Waals surface area contributed by atoms with Crippen LogP contribution in [0.25, 0.3) is 10.9 Å². The Hall–Kier alpha value is -1.32. The van der Waals surface area contributed by atoms with Crippen molar-refractivity contribution in [2.75, 3.05) is 7.11 Å². The molecule has 0 atom stereocenters. The first kappa shape index (κ1) is 11.8. The van der Waals surface area contributed by atoms with Crippen molar-refractivity contribution in [2.24, 2.45) is 0 Å². The largest absolute Gasteiger partial charge is 0.385 e. The molecular formula is C15H19NO2. The lowest BCUT2D eigenvalue weighted by Crippen LogP contribution is -2.34. The van der Waals surface area contributed by atoms with Gasteiger partial charge in [0.2, 0.25) is 0 Å². The minimum Gasteiger partial charge on any atom is -0.385 e. The zero-order chi connectivity index (χ0) is 12.6. The van der Waals surface area contributed by atoms with Gasteiger partial charge < -0.3 is 14.8 Å². The number of benzene rings is 1. The average molecular weight is 245 g/mol. The van der Waals surface area contributed by atoms with E-state index in [0.717, 1.165) is 42.1 Å². The van der Waals surface area contributed by atoms with E-state index in [1.165, 1.54) is 0 Å². The third kappa shape index (κ3) is 1.84. The summed E-state index contributed by atoms with van der Waals surface area (Å²) >= 11 is 0. The highest BCUT2D eigenvalue weighted by atomic mass is 16.5. The smallest absolute Gasteiger partial charge is 0.0905 e. The Morgan fingerprint density at radius 1 is 1.28 bits per heavy atom. The van der Waals surface area contributed by atoms with Gasteiger partial charge in [0.05, 0.1) is 11.7 Å². The molecule has 0 spiro atoms. The molecule has 0 saturated heterocycles. The fraction of sp³-hybridized carbons (Fsp3) is 0.467. The summed E-state index contributed by atoms with van der Waals surface area (Å²) in [6.07, 6.45) is 5.63. The van der Waals surface area contributed by atoms with Crippen LogP contribution in [0.4, 0.5) is 0 Å². The summed E-state index contributed by atoms with van der Waals surface area (Å²) in [4.78, 5) is 3.20. The molecule has 0 amide bonds. The zero-order valence-electron chi connectivity index (χ0n) is 10.6. The number of rotatable bonds is 2. The van der Waals surface area contributed by atoms with Crippen LogP contribution in [0.2, 0.25) is 0 Å². The molecule has 1 aliphatic carbocycles. The molecule has 96 valence electrons. The topological polar surface area (TPSA) is 45.2 Å². The predicted octanol–water partition coefficient (Wildman–Crippen LogP) is 2.94.